The number of amides is 1. The average molecular weight is 413 g/mol. The Labute approximate surface area is 178 Å². The van der Waals surface area contributed by atoms with Crippen LogP contribution in [0.25, 0.3) is 0 Å². The SMILES string of the molecule is CCOC[C@]12CC3CC4(C(=O)N[C@@H]5CCNC[C@@H]5F)CC31[C@](c1ccccc1)(C4)C2. The van der Waals surface area contributed by atoms with Crippen molar-refractivity contribution in [2.75, 3.05) is 26.3 Å². The minimum absolute atomic E-state index is 0.0904. The molecule has 1 spiro atoms. The molecule has 3 unspecified atom stereocenters. The first-order valence-electron chi connectivity index (χ1n) is 11.8. The molecule has 4 nitrogen and oxygen atoms in total. The third-order valence-corrected chi connectivity index (χ3v) is 9.78. The first-order valence-corrected chi connectivity index (χ1v) is 11.8. The quantitative estimate of drug-likeness (QED) is 0.753. The van der Waals surface area contributed by atoms with Crippen LogP contribution in [0.2, 0.25) is 0 Å². The van der Waals surface area contributed by atoms with E-state index < -0.39 is 6.17 Å². The summed E-state index contributed by atoms with van der Waals surface area (Å²) in [5.41, 5.74) is 1.58. The lowest BCUT2D eigenvalue weighted by Crippen LogP contribution is -2.77. The van der Waals surface area contributed by atoms with Crippen LogP contribution in [0.4, 0.5) is 4.39 Å². The second-order valence-electron chi connectivity index (χ2n) is 10.8. The van der Waals surface area contributed by atoms with Gasteiger partial charge in [-0.3, -0.25) is 4.79 Å². The van der Waals surface area contributed by atoms with Crippen molar-refractivity contribution in [1.29, 1.82) is 0 Å². The summed E-state index contributed by atoms with van der Waals surface area (Å²) in [7, 11) is 0. The molecule has 0 radical (unpaired) electrons. The Morgan fingerprint density at radius 3 is 2.83 bits per heavy atom. The van der Waals surface area contributed by atoms with Crippen LogP contribution < -0.4 is 10.6 Å². The Balaban J connectivity index is 1.34. The zero-order chi connectivity index (χ0) is 20.6. The van der Waals surface area contributed by atoms with Gasteiger partial charge in [0.15, 0.2) is 0 Å². The van der Waals surface area contributed by atoms with Gasteiger partial charge in [-0.2, -0.15) is 0 Å². The largest absolute Gasteiger partial charge is 0.381 e. The number of carbonyl (C=O) groups is 1. The second kappa shape index (κ2) is 6.29. The molecule has 0 aromatic heterocycles. The van der Waals surface area contributed by atoms with E-state index in [1.807, 2.05) is 0 Å². The number of benzene rings is 1. The molecule has 30 heavy (non-hydrogen) atoms. The molecule has 2 N–H and O–H groups in total. The Morgan fingerprint density at radius 2 is 2.07 bits per heavy atom. The lowest BCUT2D eigenvalue weighted by molar-refractivity contribution is -0.298. The zero-order valence-corrected chi connectivity index (χ0v) is 17.9. The number of carbonyl (C=O) groups excluding carboxylic acids is 1. The molecule has 1 saturated heterocycles. The van der Waals surface area contributed by atoms with E-state index in [0.29, 0.717) is 18.9 Å². The third kappa shape index (κ3) is 2.11. The van der Waals surface area contributed by atoms with Crippen molar-refractivity contribution in [3.63, 3.8) is 0 Å². The molecule has 1 aliphatic heterocycles. The van der Waals surface area contributed by atoms with Crippen molar-refractivity contribution in [3.8, 4) is 0 Å². The maximum Gasteiger partial charge on any atom is 0.226 e. The minimum atomic E-state index is -0.992. The van der Waals surface area contributed by atoms with Gasteiger partial charge in [0.05, 0.1) is 18.1 Å². The molecule has 162 valence electrons. The molecule has 1 amide bonds. The number of rotatable bonds is 6. The Kier molecular flexibility index (Phi) is 4.03. The number of alkyl halides is 1. The number of fused-ring (bicyclic) bond motifs is 1. The maximum absolute atomic E-state index is 14.4. The summed E-state index contributed by atoms with van der Waals surface area (Å²) in [4.78, 5) is 13.7. The number of nitrogens with one attached hydrogen (secondary N) is 2. The topological polar surface area (TPSA) is 50.4 Å². The highest BCUT2D eigenvalue weighted by Crippen LogP contribution is 2.93. The van der Waals surface area contributed by atoms with E-state index in [4.69, 9.17) is 4.74 Å². The summed E-state index contributed by atoms with van der Waals surface area (Å²) in [6.45, 7) is 4.76. The van der Waals surface area contributed by atoms with Crippen LogP contribution >= 0.6 is 0 Å². The predicted molar refractivity (Wildman–Crippen MR) is 113 cm³/mol. The lowest BCUT2D eigenvalue weighted by Gasteiger charge is -2.80. The summed E-state index contributed by atoms with van der Waals surface area (Å²) in [6.07, 6.45) is 4.86. The fourth-order valence-corrected chi connectivity index (χ4v) is 8.96. The zero-order valence-electron chi connectivity index (χ0n) is 17.9. The fraction of sp³-hybridized carbons (Fsp3) is 0.720. The number of ether oxygens (including phenoxy) is 1. The summed E-state index contributed by atoms with van der Waals surface area (Å²) in [5, 5.41) is 6.26. The van der Waals surface area contributed by atoms with E-state index in [-0.39, 0.29) is 33.6 Å². The second-order valence-corrected chi connectivity index (χ2v) is 10.8. The van der Waals surface area contributed by atoms with Crippen molar-refractivity contribution >= 4 is 5.91 Å². The van der Waals surface area contributed by atoms with E-state index in [1.54, 1.807) is 0 Å². The van der Waals surface area contributed by atoms with Gasteiger partial charge in [0.25, 0.3) is 0 Å². The van der Waals surface area contributed by atoms with Crippen LogP contribution in [-0.4, -0.2) is 44.4 Å². The van der Waals surface area contributed by atoms with Crippen molar-refractivity contribution in [2.24, 2.45) is 22.2 Å². The average Bonchev–Trinajstić information content (AvgIpc) is 3.22. The monoisotopic (exact) mass is 412 g/mol. The molecule has 4 aliphatic carbocycles. The van der Waals surface area contributed by atoms with Gasteiger partial charge in [-0.05, 0) is 68.9 Å². The number of piperidine rings is 1. The van der Waals surface area contributed by atoms with Crippen molar-refractivity contribution in [2.45, 2.75) is 63.1 Å². The molecule has 5 fully saturated rings. The number of hydrogen-bond acceptors (Lipinski definition) is 3. The molecule has 5 heteroatoms. The van der Waals surface area contributed by atoms with Crippen LogP contribution in [0, 0.1) is 22.2 Å². The predicted octanol–water partition coefficient (Wildman–Crippen LogP) is 3.36. The van der Waals surface area contributed by atoms with E-state index in [9.17, 15) is 9.18 Å². The van der Waals surface area contributed by atoms with Crippen LogP contribution in [-0.2, 0) is 14.9 Å². The smallest absolute Gasteiger partial charge is 0.226 e. The highest BCUT2D eigenvalue weighted by atomic mass is 19.1. The van der Waals surface area contributed by atoms with E-state index >= 15 is 0 Å². The molecule has 4 saturated carbocycles. The fourth-order valence-electron chi connectivity index (χ4n) is 8.96. The van der Waals surface area contributed by atoms with Gasteiger partial charge in [-0.15, -0.1) is 0 Å². The summed E-state index contributed by atoms with van der Waals surface area (Å²) in [6, 6.07) is 10.5. The van der Waals surface area contributed by atoms with Crippen molar-refractivity contribution < 1.29 is 13.9 Å². The summed E-state index contributed by atoms with van der Waals surface area (Å²) in [5.74, 6) is 0.719. The molecule has 1 aromatic rings. The number of hydrogen-bond donors (Lipinski definition) is 2. The molecule has 1 heterocycles. The van der Waals surface area contributed by atoms with Crippen LogP contribution in [0.15, 0.2) is 30.3 Å². The van der Waals surface area contributed by atoms with Gasteiger partial charge in [0.1, 0.15) is 6.17 Å². The maximum atomic E-state index is 14.4. The van der Waals surface area contributed by atoms with Crippen LogP contribution in [0.5, 0.6) is 0 Å². The summed E-state index contributed by atoms with van der Waals surface area (Å²) >= 11 is 0. The minimum Gasteiger partial charge on any atom is -0.381 e. The van der Waals surface area contributed by atoms with Crippen molar-refractivity contribution in [3.05, 3.63) is 35.9 Å². The highest BCUT2D eigenvalue weighted by Gasteiger charge is 2.90. The van der Waals surface area contributed by atoms with Crippen LogP contribution in [0.1, 0.15) is 51.0 Å². The number of halogens is 1. The van der Waals surface area contributed by atoms with E-state index in [0.717, 1.165) is 45.4 Å². The lowest BCUT2D eigenvalue weighted by atomic mass is 9.24. The van der Waals surface area contributed by atoms with Gasteiger partial charge in [0, 0.05) is 24.0 Å². The summed E-state index contributed by atoms with van der Waals surface area (Å²) < 4.78 is 20.4. The Hall–Kier alpha value is -1.46. The van der Waals surface area contributed by atoms with Crippen LogP contribution in [0.3, 0.4) is 0 Å². The Morgan fingerprint density at radius 1 is 1.23 bits per heavy atom. The van der Waals surface area contributed by atoms with Gasteiger partial charge >= 0.3 is 0 Å². The highest BCUT2D eigenvalue weighted by molar-refractivity contribution is 5.85. The van der Waals surface area contributed by atoms with Gasteiger partial charge in [-0.1, -0.05) is 30.3 Å². The molecular formula is C25H33FN2O2. The molecule has 2 bridgehead atoms. The van der Waals surface area contributed by atoms with Gasteiger partial charge in [0.2, 0.25) is 5.91 Å². The van der Waals surface area contributed by atoms with Crippen molar-refractivity contribution in [1.82, 2.24) is 10.6 Å². The first-order chi connectivity index (χ1) is 14.5. The van der Waals surface area contributed by atoms with Gasteiger partial charge < -0.3 is 15.4 Å². The molecule has 7 atom stereocenters. The third-order valence-electron chi connectivity index (χ3n) is 9.78. The normalized spacial score (nSPS) is 47.9. The first kappa shape index (κ1) is 19.2. The van der Waals surface area contributed by atoms with Gasteiger partial charge in [-0.25, -0.2) is 4.39 Å². The Bertz CT molecular complexity index is 864. The molecule has 5 aliphatic rings. The molecule has 1 aromatic carbocycles. The van der Waals surface area contributed by atoms with E-state index in [1.165, 1.54) is 12.0 Å². The molecule has 6 rings (SSSR count). The van der Waals surface area contributed by atoms with E-state index in [2.05, 4.69) is 47.9 Å². The molecular weight excluding hydrogens is 379 g/mol. The standard InChI is InChI=1S/C25H33FN2O2/c1-2-30-16-23-11-18-10-22(21(29)28-20-8-9-27-12-19(20)26)13-24(15-23,25(18,23)14-22)17-6-4-3-5-7-17/h3-7,18-20,27H,2,8-16H2,1H3,(H,28,29)/t18?,19-,20+,22?,23+,24+,25?/m0/s1.